The molecule has 0 aromatic heterocycles. The number of hydrogen-bond donors (Lipinski definition) is 2. The van der Waals surface area contributed by atoms with E-state index in [1.165, 1.54) is 0 Å². The van der Waals surface area contributed by atoms with Gasteiger partial charge in [0.1, 0.15) is 0 Å². The van der Waals surface area contributed by atoms with Crippen LogP contribution in [0.3, 0.4) is 0 Å². The number of ether oxygens (including phenoxy) is 2. The van der Waals surface area contributed by atoms with Gasteiger partial charge >= 0.3 is 0 Å². The molecular weight excluding hydrogens is 356 g/mol. The van der Waals surface area contributed by atoms with Crippen molar-refractivity contribution in [3.05, 3.63) is 48.0 Å². The Morgan fingerprint density at radius 3 is 2.32 bits per heavy atom. The van der Waals surface area contributed by atoms with Gasteiger partial charge in [-0.15, -0.1) is 0 Å². The topological polar surface area (TPSA) is 76.7 Å². The summed E-state index contributed by atoms with van der Waals surface area (Å²) in [5, 5.41) is 5.63. The van der Waals surface area contributed by atoms with E-state index in [1.807, 2.05) is 19.1 Å². The number of rotatable bonds is 10. The van der Waals surface area contributed by atoms with Gasteiger partial charge in [-0.25, -0.2) is 0 Å². The van der Waals surface area contributed by atoms with Gasteiger partial charge < -0.3 is 20.1 Å². The average Bonchev–Trinajstić information content (AvgIpc) is 2.67. The van der Waals surface area contributed by atoms with Gasteiger partial charge in [0.15, 0.2) is 18.1 Å². The van der Waals surface area contributed by atoms with Gasteiger partial charge in [-0.05, 0) is 49.2 Å². The van der Waals surface area contributed by atoms with Gasteiger partial charge in [-0.3, -0.25) is 9.59 Å². The van der Waals surface area contributed by atoms with Crippen LogP contribution in [0.15, 0.2) is 42.5 Å². The van der Waals surface area contributed by atoms with Crippen LogP contribution in [0.4, 0.5) is 11.4 Å². The Morgan fingerprint density at radius 2 is 1.64 bits per heavy atom. The molecule has 0 heterocycles. The Hall–Kier alpha value is -3.02. The number of carbonyl (C=O) groups is 2. The lowest BCUT2D eigenvalue weighted by Crippen LogP contribution is -2.20. The highest BCUT2D eigenvalue weighted by Crippen LogP contribution is 2.27. The van der Waals surface area contributed by atoms with Crippen molar-refractivity contribution in [2.45, 2.75) is 39.5 Å². The van der Waals surface area contributed by atoms with E-state index < -0.39 is 0 Å². The minimum atomic E-state index is -0.297. The third-order valence-corrected chi connectivity index (χ3v) is 4.12. The minimum Gasteiger partial charge on any atom is -0.493 e. The summed E-state index contributed by atoms with van der Waals surface area (Å²) in [6.07, 6.45) is 3.48. The van der Waals surface area contributed by atoms with Crippen molar-refractivity contribution < 1.29 is 19.1 Å². The van der Waals surface area contributed by atoms with Crippen LogP contribution < -0.4 is 20.1 Å². The molecule has 0 spiro atoms. The molecule has 0 aliphatic carbocycles. The first-order valence-electron chi connectivity index (χ1n) is 9.49. The number of unbranched alkanes of at least 4 members (excludes halogenated alkanes) is 2. The van der Waals surface area contributed by atoms with Crippen molar-refractivity contribution in [2.75, 3.05) is 24.4 Å². The van der Waals surface area contributed by atoms with Gasteiger partial charge in [0.05, 0.1) is 7.11 Å². The number of amides is 2. The molecule has 0 atom stereocenters. The lowest BCUT2D eigenvalue weighted by Gasteiger charge is -2.12. The normalized spacial score (nSPS) is 10.2. The van der Waals surface area contributed by atoms with Crippen LogP contribution in [0.2, 0.25) is 0 Å². The van der Waals surface area contributed by atoms with Crippen LogP contribution in [-0.2, 0) is 9.59 Å². The first-order valence-corrected chi connectivity index (χ1v) is 9.49. The molecule has 0 fully saturated rings. The summed E-state index contributed by atoms with van der Waals surface area (Å²) in [4.78, 5) is 24.1. The smallest absolute Gasteiger partial charge is 0.262 e. The Kier molecular flexibility index (Phi) is 8.34. The van der Waals surface area contributed by atoms with Crippen LogP contribution in [-0.4, -0.2) is 25.5 Å². The van der Waals surface area contributed by atoms with Crippen LogP contribution in [0.1, 0.15) is 38.2 Å². The number of nitrogens with one attached hydrogen (secondary N) is 2. The van der Waals surface area contributed by atoms with Crippen LogP contribution >= 0.6 is 0 Å². The number of anilines is 2. The van der Waals surface area contributed by atoms with Crippen molar-refractivity contribution >= 4 is 23.2 Å². The first-order chi connectivity index (χ1) is 13.5. The van der Waals surface area contributed by atoms with Crippen molar-refractivity contribution in [2.24, 2.45) is 0 Å². The van der Waals surface area contributed by atoms with Gasteiger partial charge in [-0.1, -0.05) is 31.9 Å². The Bertz CT molecular complexity index is 805. The summed E-state index contributed by atoms with van der Waals surface area (Å²) in [6, 6.07) is 12.6. The van der Waals surface area contributed by atoms with Crippen LogP contribution in [0, 0.1) is 6.92 Å². The van der Waals surface area contributed by atoms with Crippen molar-refractivity contribution in [3.8, 4) is 11.5 Å². The van der Waals surface area contributed by atoms with Gasteiger partial charge in [0, 0.05) is 17.8 Å². The number of methoxy groups -OCH3 is 1. The molecule has 28 heavy (non-hydrogen) atoms. The number of aryl methyl sites for hydroxylation is 1. The van der Waals surface area contributed by atoms with Crippen LogP contribution in [0.25, 0.3) is 0 Å². The number of carbonyl (C=O) groups excluding carboxylic acids is 2. The third kappa shape index (κ3) is 6.95. The predicted octanol–water partition coefficient (Wildman–Crippen LogP) is 4.54. The van der Waals surface area contributed by atoms with E-state index in [0.29, 0.717) is 29.3 Å². The van der Waals surface area contributed by atoms with E-state index in [1.54, 1.807) is 37.4 Å². The lowest BCUT2D eigenvalue weighted by atomic mass is 10.2. The molecule has 150 valence electrons. The van der Waals surface area contributed by atoms with Crippen LogP contribution in [0.5, 0.6) is 11.5 Å². The maximum atomic E-state index is 12.2. The monoisotopic (exact) mass is 384 g/mol. The third-order valence-electron chi connectivity index (χ3n) is 4.12. The van der Waals surface area contributed by atoms with E-state index >= 15 is 0 Å². The summed E-state index contributed by atoms with van der Waals surface area (Å²) in [5.74, 6) is 0.776. The Labute approximate surface area is 166 Å². The van der Waals surface area contributed by atoms with Crippen molar-refractivity contribution in [3.63, 3.8) is 0 Å². The summed E-state index contributed by atoms with van der Waals surface area (Å²) in [7, 11) is 1.56. The second-order valence-corrected chi connectivity index (χ2v) is 6.58. The fraction of sp³-hybridized carbons (Fsp3) is 0.364. The standard InChI is InChI=1S/C22H28N2O4/c1-4-5-6-10-21(25)23-17-8-7-9-18(14-17)24-22(26)15-28-19-12-11-16(2)13-20(19)27-3/h7-9,11-14H,4-6,10,15H2,1-3H3,(H,23,25)(H,24,26). The highest BCUT2D eigenvalue weighted by Gasteiger charge is 2.09. The maximum absolute atomic E-state index is 12.2. The molecule has 6 nitrogen and oxygen atoms in total. The number of benzene rings is 2. The Morgan fingerprint density at radius 1 is 0.929 bits per heavy atom. The zero-order valence-electron chi connectivity index (χ0n) is 16.7. The molecule has 2 N–H and O–H groups in total. The predicted molar refractivity (Wildman–Crippen MR) is 111 cm³/mol. The minimum absolute atomic E-state index is 0.0216. The molecular formula is C22H28N2O4. The molecule has 2 aromatic carbocycles. The molecule has 0 aliphatic rings. The number of hydrogen-bond acceptors (Lipinski definition) is 4. The molecule has 6 heteroatoms. The fourth-order valence-electron chi connectivity index (χ4n) is 2.67. The zero-order chi connectivity index (χ0) is 20.4. The summed E-state index contributed by atoms with van der Waals surface area (Å²) in [5.41, 5.74) is 2.29. The van der Waals surface area contributed by atoms with E-state index in [2.05, 4.69) is 17.6 Å². The highest BCUT2D eigenvalue weighted by atomic mass is 16.5. The van der Waals surface area contributed by atoms with Crippen molar-refractivity contribution in [1.82, 2.24) is 0 Å². The van der Waals surface area contributed by atoms with E-state index in [0.717, 1.165) is 24.8 Å². The molecule has 0 saturated heterocycles. The summed E-state index contributed by atoms with van der Waals surface area (Å²) < 4.78 is 10.8. The molecule has 2 amide bonds. The highest BCUT2D eigenvalue weighted by molar-refractivity contribution is 5.94. The van der Waals surface area contributed by atoms with Gasteiger partial charge in [0.25, 0.3) is 5.91 Å². The fourth-order valence-corrected chi connectivity index (χ4v) is 2.67. The quantitative estimate of drug-likeness (QED) is 0.590. The second-order valence-electron chi connectivity index (χ2n) is 6.58. The van der Waals surface area contributed by atoms with E-state index in [-0.39, 0.29) is 18.4 Å². The molecule has 0 unspecified atom stereocenters. The SMILES string of the molecule is CCCCCC(=O)Nc1cccc(NC(=O)COc2ccc(C)cc2OC)c1. The molecule has 0 saturated carbocycles. The van der Waals surface area contributed by atoms with E-state index in [9.17, 15) is 9.59 Å². The van der Waals surface area contributed by atoms with Gasteiger partial charge in [0.2, 0.25) is 5.91 Å². The Balaban J connectivity index is 1.87. The molecule has 2 rings (SSSR count). The average molecular weight is 384 g/mol. The summed E-state index contributed by atoms with van der Waals surface area (Å²) >= 11 is 0. The largest absolute Gasteiger partial charge is 0.493 e. The zero-order valence-corrected chi connectivity index (χ0v) is 16.7. The first kappa shape index (κ1) is 21.3. The second kappa shape index (κ2) is 11.0. The molecule has 0 aliphatic heterocycles. The lowest BCUT2D eigenvalue weighted by molar-refractivity contribution is -0.118. The maximum Gasteiger partial charge on any atom is 0.262 e. The molecule has 2 aromatic rings. The van der Waals surface area contributed by atoms with Crippen molar-refractivity contribution in [1.29, 1.82) is 0 Å². The van der Waals surface area contributed by atoms with Gasteiger partial charge in [-0.2, -0.15) is 0 Å². The summed E-state index contributed by atoms with van der Waals surface area (Å²) in [6.45, 7) is 3.91. The molecule has 0 radical (unpaired) electrons. The molecule has 0 bridgehead atoms. The van der Waals surface area contributed by atoms with E-state index in [4.69, 9.17) is 9.47 Å².